The molecule has 1 unspecified atom stereocenters. The Labute approximate surface area is 126 Å². The Hall–Kier alpha value is -0.250. The second-order valence-corrected chi connectivity index (χ2v) is 6.52. The summed E-state index contributed by atoms with van der Waals surface area (Å²) in [7, 11) is 1.90. The first-order valence-corrected chi connectivity index (χ1v) is 7.36. The van der Waals surface area contributed by atoms with Crippen LogP contribution in [-0.4, -0.2) is 7.05 Å². The minimum absolute atomic E-state index is 0.0333. The van der Waals surface area contributed by atoms with E-state index < -0.39 is 0 Å². The van der Waals surface area contributed by atoms with Crippen LogP contribution >= 0.6 is 46.1 Å². The van der Waals surface area contributed by atoms with Crippen LogP contribution in [0.1, 0.15) is 22.0 Å². The van der Waals surface area contributed by atoms with Crippen LogP contribution in [0, 0.1) is 6.92 Å². The Morgan fingerprint density at radius 1 is 1.17 bits per heavy atom. The van der Waals surface area contributed by atoms with E-state index in [1.54, 1.807) is 17.4 Å². The molecular weight excluding hydrogens is 309 g/mol. The molecule has 96 valence electrons. The van der Waals surface area contributed by atoms with Crippen molar-refractivity contribution < 1.29 is 0 Å². The van der Waals surface area contributed by atoms with E-state index in [4.69, 9.17) is 34.8 Å². The van der Waals surface area contributed by atoms with Crippen LogP contribution in [0.2, 0.25) is 14.4 Å². The van der Waals surface area contributed by atoms with Crippen LogP contribution < -0.4 is 5.32 Å². The predicted octanol–water partition coefficient (Wildman–Crippen LogP) is 5.33. The minimum atomic E-state index is 0.0333. The van der Waals surface area contributed by atoms with E-state index in [-0.39, 0.29) is 6.04 Å². The standard InChI is InChI=1S/C13H12Cl3NS/c1-7-5-11(18-13(7)16)12(17-2)9-4-3-8(14)6-10(9)15/h3-6,12,17H,1-2H3. The molecule has 18 heavy (non-hydrogen) atoms. The number of rotatable bonds is 3. The quantitative estimate of drug-likeness (QED) is 0.806. The normalized spacial score (nSPS) is 12.7. The van der Waals surface area contributed by atoms with E-state index in [1.807, 2.05) is 26.1 Å². The van der Waals surface area contributed by atoms with Gasteiger partial charge in [-0.1, -0.05) is 40.9 Å². The minimum Gasteiger partial charge on any atom is -0.309 e. The fourth-order valence-corrected chi connectivity index (χ4v) is 3.68. The van der Waals surface area contributed by atoms with Crippen molar-refractivity contribution in [1.82, 2.24) is 5.32 Å². The largest absolute Gasteiger partial charge is 0.309 e. The van der Waals surface area contributed by atoms with Crippen LogP contribution in [0.15, 0.2) is 24.3 Å². The van der Waals surface area contributed by atoms with E-state index in [9.17, 15) is 0 Å². The van der Waals surface area contributed by atoms with Crippen LogP contribution in [0.25, 0.3) is 0 Å². The highest BCUT2D eigenvalue weighted by Gasteiger charge is 2.18. The van der Waals surface area contributed by atoms with Gasteiger partial charge in [0.1, 0.15) is 0 Å². The molecule has 1 atom stereocenters. The van der Waals surface area contributed by atoms with Crippen molar-refractivity contribution in [2.45, 2.75) is 13.0 Å². The number of hydrogen-bond acceptors (Lipinski definition) is 2. The maximum absolute atomic E-state index is 6.25. The second-order valence-electron chi connectivity index (χ2n) is 3.99. The number of hydrogen-bond donors (Lipinski definition) is 1. The Kier molecular flexibility index (Phi) is 4.57. The molecule has 1 nitrogen and oxygen atoms in total. The van der Waals surface area contributed by atoms with E-state index in [0.717, 1.165) is 20.3 Å². The number of thiophene rings is 1. The van der Waals surface area contributed by atoms with E-state index >= 15 is 0 Å². The highest BCUT2D eigenvalue weighted by molar-refractivity contribution is 7.16. The van der Waals surface area contributed by atoms with Gasteiger partial charge in [-0.15, -0.1) is 11.3 Å². The molecule has 0 aliphatic rings. The molecule has 1 N–H and O–H groups in total. The van der Waals surface area contributed by atoms with Crippen LogP contribution in [0.3, 0.4) is 0 Å². The summed E-state index contributed by atoms with van der Waals surface area (Å²) in [5.41, 5.74) is 2.09. The first kappa shape index (κ1) is 14.2. The SMILES string of the molecule is CNC(c1cc(C)c(Cl)s1)c1ccc(Cl)cc1Cl. The number of halogens is 3. The predicted molar refractivity (Wildman–Crippen MR) is 81.4 cm³/mol. The third-order valence-corrected chi connectivity index (χ3v) is 4.91. The summed E-state index contributed by atoms with van der Waals surface area (Å²) in [5.74, 6) is 0. The summed E-state index contributed by atoms with van der Waals surface area (Å²) in [6.07, 6.45) is 0. The lowest BCUT2D eigenvalue weighted by molar-refractivity contribution is 0.704. The van der Waals surface area contributed by atoms with Gasteiger partial charge in [-0.3, -0.25) is 0 Å². The van der Waals surface area contributed by atoms with Gasteiger partial charge in [0.2, 0.25) is 0 Å². The van der Waals surface area contributed by atoms with Crippen molar-refractivity contribution in [3.8, 4) is 0 Å². The molecule has 0 radical (unpaired) electrons. The third kappa shape index (κ3) is 2.84. The van der Waals surface area contributed by atoms with Crippen molar-refractivity contribution in [3.05, 3.63) is 54.7 Å². The Balaban J connectivity index is 2.45. The maximum Gasteiger partial charge on any atom is 0.0961 e. The third-order valence-electron chi connectivity index (χ3n) is 2.72. The van der Waals surface area contributed by atoms with E-state index in [1.165, 1.54) is 0 Å². The molecule has 1 aromatic carbocycles. The fourth-order valence-electron chi connectivity index (χ4n) is 1.81. The molecule has 0 saturated carbocycles. The molecule has 0 fully saturated rings. The molecule has 1 heterocycles. The van der Waals surface area contributed by atoms with Crippen molar-refractivity contribution in [1.29, 1.82) is 0 Å². The lowest BCUT2D eigenvalue weighted by Gasteiger charge is -2.16. The zero-order valence-electron chi connectivity index (χ0n) is 9.93. The average molecular weight is 321 g/mol. The van der Waals surface area contributed by atoms with Crippen LogP contribution in [0.5, 0.6) is 0 Å². The van der Waals surface area contributed by atoms with Gasteiger partial charge in [-0.05, 0) is 43.3 Å². The molecule has 0 saturated heterocycles. The lowest BCUT2D eigenvalue weighted by Crippen LogP contribution is -2.16. The summed E-state index contributed by atoms with van der Waals surface area (Å²) in [6.45, 7) is 2.00. The zero-order chi connectivity index (χ0) is 13.3. The molecule has 2 rings (SSSR count). The molecule has 0 amide bonds. The number of aryl methyl sites for hydroxylation is 1. The van der Waals surface area contributed by atoms with Gasteiger partial charge in [0.15, 0.2) is 0 Å². The smallest absolute Gasteiger partial charge is 0.0961 e. The average Bonchev–Trinajstić information content (AvgIpc) is 2.63. The highest BCUT2D eigenvalue weighted by atomic mass is 35.5. The Morgan fingerprint density at radius 2 is 1.89 bits per heavy atom. The number of benzene rings is 1. The molecule has 2 aromatic rings. The second kappa shape index (κ2) is 5.81. The van der Waals surface area contributed by atoms with E-state index in [0.29, 0.717) is 10.0 Å². The summed E-state index contributed by atoms with van der Waals surface area (Å²) in [5, 5.41) is 4.55. The van der Waals surface area contributed by atoms with Crippen molar-refractivity contribution in [2.75, 3.05) is 7.05 Å². The molecule has 0 aliphatic carbocycles. The highest BCUT2D eigenvalue weighted by Crippen LogP contribution is 2.36. The summed E-state index contributed by atoms with van der Waals surface area (Å²) >= 11 is 19.8. The molecule has 0 bridgehead atoms. The van der Waals surface area contributed by atoms with Gasteiger partial charge in [0.25, 0.3) is 0 Å². The van der Waals surface area contributed by atoms with E-state index in [2.05, 4.69) is 11.4 Å². The maximum atomic E-state index is 6.25. The van der Waals surface area contributed by atoms with Crippen molar-refractivity contribution >= 4 is 46.1 Å². The first-order chi connectivity index (χ1) is 8.52. The fraction of sp³-hybridized carbons (Fsp3) is 0.231. The summed E-state index contributed by atoms with van der Waals surface area (Å²) in [6, 6.07) is 7.65. The van der Waals surface area contributed by atoms with Gasteiger partial charge >= 0.3 is 0 Å². The van der Waals surface area contributed by atoms with Crippen molar-refractivity contribution in [3.63, 3.8) is 0 Å². The van der Waals surface area contributed by atoms with Crippen LogP contribution in [0.4, 0.5) is 0 Å². The zero-order valence-corrected chi connectivity index (χ0v) is 13.0. The molecule has 5 heteroatoms. The molecular formula is C13H12Cl3NS. The topological polar surface area (TPSA) is 12.0 Å². The molecule has 1 aromatic heterocycles. The van der Waals surface area contributed by atoms with Gasteiger partial charge in [0.05, 0.1) is 10.4 Å². The van der Waals surface area contributed by atoms with Gasteiger partial charge in [0, 0.05) is 14.9 Å². The Bertz CT molecular complexity index is 546. The number of nitrogens with one attached hydrogen (secondary N) is 1. The summed E-state index contributed by atoms with van der Waals surface area (Å²) < 4.78 is 0.815. The van der Waals surface area contributed by atoms with Crippen molar-refractivity contribution in [2.24, 2.45) is 0 Å². The lowest BCUT2D eigenvalue weighted by atomic mass is 10.1. The Morgan fingerprint density at radius 3 is 2.39 bits per heavy atom. The van der Waals surface area contributed by atoms with Gasteiger partial charge in [-0.25, -0.2) is 0 Å². The van der Waals surface area contributed by atoms with Crippen LogP contribution in [-0.2, 0) is 0 Å². The first-order valence-electron chi connectivity index (χ1n) is 5.41. The van der Waals surface area contributed by atoms with Gasteiger partial charge in [-0.2, -0.15) is 0 Å². The molecule has 0 aliphatic heterocycles. The molecule has 0 spiro atoms. The van der Waals surface area contributed by atoms with Gasteiger partial charge < -0.3 is 5.32 Å². The monoisotopic (exact) mass is 319 g/mol. The summed E-state index contributed by atoms with van der Waals surface area (Å²) in [4.78, 5) is 1.14.